The lowest BCUT2D eigenvalue weighted by molar-refractivity contribution is 0.0742. The van der Waals surface area contributed by atoms with Crippen molar-refractivity contribution in [2.75, 3.05) is 13.6 Å². The summed E-state index contributed by atoms with van der Waals surface area (Å²) in [6, 6.07) is 1.90. The van der Waals surface area contributed by atoms with Crippen LogP contribution in [0.15, 0.2) is 6.07 Å². The van der Waals surface area contributed by atoms with E-state index in [1.807, 2.05) is 13.0 Å². The normalized spacial score (nSPS) is 17.2. The summed E-state index contributed by atoms with van der Waals surface area (Å²) in [4.78, 5) is 13.6. The fourth-order valence-corrected chi connectivity index (χ4v) is 1.59. The first kappa shape index (κ1) is 11.1. The fraction of sp³-hybridized carbons (Fsp3) is 0.636. The fourth-order valence-electron chi connectivity index (χ4n) is 1.59. The van der Waals surface area contributed by atoms with Crippen molar-refractivity contribution in [2.45, 2.75) is 31.7 Å². The third-order valence-corrected chi connectivity index (χ3v) is 3.16. The van der Waals surface area contributed by atoms with Gasteiger partial charge in [-0.05, 0) is 25.8 Å². The maximum Gasteiger partial charge on any atom is 0.274 e. The number of hydrogen-bond acceptors (Lipinski definition) is 3. The van der Waals surface area contributed by atoms with E-state index < -0.39 is 0 Å². The van der Waals surface area contributed by atoms with Crippen LogP contribution in [0.2, 0.25) is 0 Å². The van der Waals surface area contributed by atoms with Crippen molar-refractivity contribution in [3.63, 3.8) is 0 Å². The monoisotopic (exact) mass is 222 g/mol. The van der Waals surface area contributed by atoms with Gasteiger partial charge in [0.15, 0.2) is 0 Å². The predicted molar refractivity (Wildman–Crippen MR) is 61.2 cm³/mol. The van der Waals surface area contributed by atoms with Crippen LogP contribution >= 0.6 is 0 Å². The highest BCUT2D eigenvalue weighted by Crippen LogP contribution is 2.39. The van der Waals surface area contributed by atoms with Crippen molar-refractivity contribution in [1.29, 1.82) is 0 Å². The number of amides is 1. The van der Waals surface area contributed by atoms with E-state index in [4.69, 9.17) is 5.73 Å². The van der Waals surface area contributed by atoms with Gasteiger partial charge in [0.1, 0.15) is 5.69 Å². The molecule has 0 aliphatic heterocycles. The number of aromatic amines is 1. The standard InChI is InChI=1S/C11H18N4O/c1-7(6-12)15(2)11(16)10-5-9(13-14-10)8-3-4-8/h5,7-8H,3-4,6,12H2,1-2H3,(H,13,14). The molecule has 1 fully saturated rings. The Morgan fingerprint density at radius 3 is 3.00 bits per heavy atom. The Balaban J connectivity index is 2.07. The van der Waals surface area contributed by atoms with Crippen molar-refractivity contribution >= 4 is 5.91 Å². The van der Waals surface area contributed by atoms with Gasteiger partial charge in [0, 0.05) is 31.2 Å². The number of nitrogens with two attached hydrogens (primary N) is 1. The van der Waals surface area contributed by atoms with Crippen molar-refractivity contribution in [3.8, 4) is 0 Å². The summed E-state index contributed by atoms with van der Waals surface area (Å²) < 4.78 is 0. The van der Waals surface area contributed by atoms with Gasteiger partial charge in [-0.1, -0.05) is 0 Å². The van der Waals surface area contributed by atoms with Gasteiger partial charge in [0.05, 0.1) is 0 Å². The van der Waals surface area contributed by atoms with Crippen LogP contribution in [0.3, 0.4) is 0 Å². The van der Waals surface area contributed by atoms with E-state index in [0.29, 0.717) is 18.2 Å². The molecule has 1 heterocycles. The first-order valence-corrected chi connectivity index (χ1v) is 5.66. The van der Waals surface area contributed by atoms with Crippen LogP contribution in [0.25, 0.3) is 0 Å². The Labute approximate surface area is 95.0 Å². The summed E-state index contributed by atoms with van der Waals surface area (Å²) in [5.74, 6) is 0.521. The van der Waals surface area contributed by atoms with Crippen LogP contribution in [0, 0.1) is 0 Å². The van der Waals surface area contributed by atoms with Gasteiger partial charge < -0.3 is 10.6 Å². The molecule has 0 spiro atoms. The highest BCUT2D eigenvalue weighted by Gasteiger charge is 2.27. The summed E-state index contributed by atoms with van der Waals surface area (Å²) in [5, 5.41) is 6.99. The van der Waals surface area contributed by atoms with Crippen LogP contribution < -0.4 is 5.73 Å². The average Bonchev–Trinajstić information content (AvgIpc) is 3.04. The largest absolute Gasteiger partial charge is 0.336 e. The molecule has 16 heavy (non-hydrogen) atoms. The second kappa shape index (κ2) is 4.25. The topological polar surface area (TPSA) is 75.0 Å². The molecule has 1 aromatic rings. The Morgan fingerprint density at radius 1 is 1.75 bits per heavy atom. The molecule has 1 unspecified atom stereocenters. The molecule has 5 heteroatoms. The molecule has 1 saturated carbocycles. The van der Waals surface area contributed by atoms with Crippen LogP contribution in [-0.2, 0) is 0 Å². The van der Waals surface area contributed by atoms with Crippen molar-refractivity contribution in [3.05, 3.63) is 17.5 Å². The molecule has 1 aliphatic carbocycles. The zero-order valence-corrected chi connectivity index (χ0v) is 9.73. The molecule has 1 atom stereocenters. The third kappa shape index (κ3) is 2.09. The molecule has 1 aliphatic rings. The van der Waals surface area contributed by atoms with Crippen LogP contribution in [0.5, 0.6) is 0 Å². The van der Waals surface area contributed by atoms with E-state index in [0.717, 1.165) is 5.69 Å². The third-order valence-electron chi connectivity index (χ3n) is 3.16. The molecule has 1 aromatic heterocycles. The number of H-pyrrole nitrogens is 1. The highest BCUT2D eigenvalue weighted by atomic mass is 16.2. The highest BCUT2D eigenvalue weighted by molar-refractivity contribution is 5.92. The van der Waals surface area contributed by atoms with Gasteiger partial charge in [-0.3, -0.25) is 9.89 Å². The van der Waals surface area contributed by atoms with E-state index in [2.05, 4.69) is 10.2 Å². The smallest absolute Gasteiger partial charge is 0.274 e. The number of likely N-dealkylation sites (N-methyl/N-ethyl adjacent to an activating group) is 1. The lowest BCUT2D eigenvalue weighted by Crippen LogP contribution is -2.39. The molecule has 5 nitrogen and oxygen atoms in total. The number of carbonyl (C=O) groups excluding carboxylic acids is 1. The van der Waals surface area contributed by atoms with Gasteiger partial charge in [-0.25, -0.2) is 0 Å². The van der Waals surface area contributed by atoms with Gasteiger partial charge in [0.2, 0.25) is 0 Å². The SMILES string of the molecule is CC(CN)N(C)C(=O)c1cc(C2CC2)[nH]n1. The average molecular weight is 222 g/mol. The van der Waals surface area contributed by atoms with Gasteiger partial charge in [-0.15, -0.1) is 0 Å². The molecular formula is C11H18N4O. The Morgan fingerprint density at radius 2 is 2.44 bits per heavy atom. The van der Waals surface area contributed by atoms with Gasteiger partial charge in [0.25, 0.3) is 5.91 Å². The number of hydrogen-bond donors (Lipinski definition) is 2. The minimum absolute atomic E-state index is 0.0357. The van der Waals surface area contributed by atoms with Gasteiger partial charge in [-0.2, -0.15) is 5.10 Å². The molecule has 3 N–H and O–H groups in total. The molecule has 0 radical (unpaired) electrons. The lowest BCUT2D eigenvalue weighted by Gasteiger charge is -2.22. The van der Waals surface area contributed by atoms with Crippen LogP contribution in [-0.4, -0.2) is 40.6 Å². The first-order valence-electron chi connectivity index (χ1n) is 5.66. The summed E-state index contributed by atoms with van der Waals surface area (Å²) in [6.45, 7) is 2.38. The Kier molecular flexibility index (Phi) is 2.96. The molecule has 1 amide bonds. The van der Waals surface area contributed by atoms with E-state index in [-0.39, 0.29) is 11.9 Å². The summed E-state index contributed by atoms with van der Waals surface area (Å²) in [7, 11) is 1.76. The molecule has 88 valence electrons. The second-order valence-electron chi connectivity index (χ2n) is 4.48. The molecule has 2 rings (SSSR count). The minimum Gasteiger partial charge on any atom is -0.336 e. The molecular weight excluding hydrogens is 204 g/mol. The number of nitrogens with zero attached hydrogens (tertiary/aromatic N) is 2. The van der Waals surface area contributed by atoms with E-state index in [1.54, 1.807) is 11.9 Å². The zero-order chi connectivity index (χ0) is 11.7. The summed E-state index contributed by atoms with van der Waals surface area (Å²) in [5.41, 5.74) is 7.10. The predicted octanol–water partition coefficient (Wildman–Crippen LogP) is 0.706. The van der Waals surface area contributed by atoms with Gasteiger partial charge >= 0.3 is 0 Å². The Hall–Kier alpha value is -1.36. The number of nitrogens with one attached hydrogen (secondary N) is 1. The Bertz CT molecular complexity index is 383. The van der Waals surface area contributed by atoms with Crippen molar-refractivity contribution in [2.24, 2.45) is 5.73 Å². The van der Waals surface area contributed by atoms with Crippen LogP contribution in [0.4, 0.5) is 0 Å². The maximum absolute atomic E-state index is 12.0. The molecule has 0 aromatic carbocycles. The van der Waals surface area contributed by atoms with E-state index >= 15 is 0 Å². The zero-order valence-electron chi connectivity index (χ0n) is 9.73. The van der Waals surface area contributed by atoms with Crippen LogP contribution in [0.1, 0.15) is 41.9 Å². The molecule has 0 saturated heterocycles. The maximum atomic E-state index is 12.0. The summed E-state index contributed by atoms with van der Waals surface area (Å²) in [6.07, 6.45) is 2.40. The lowest BCUT2D eigenvalue weighted by atomic mass is 10.2. The van der Waals surface area contributed by atoms with E-state index in [9.17, 15) is 4.79 Å². The first-order chi connectivity index (χ1) is 7.63. The number of aromatic nitrogens is 2. The quantitative estimate of drug-likeness (QED) is 0.787. The molecule has 0 bridgehead atoms. The minimum atomic E-state index is -0.0684. The number of carbonyl (C=O) groups is 1. The second-order valence-corrected chi connectivity index (χ2v) is 4.48. The van der Waals surface area contributed by atoms with E-state index in [1.165, 1.54) is 12.8 Å². The summed E-state index contributed by atoms with van der Waals surface area (Å²) >= 11 is 0. The van der Waals surface area contributed by atoms with Crippen molar-refractivity contribution < 1.29 is 4.79 Å². The number of rotatable bonds is 4. The van der Waals surface area contributed by atoms with Crippen molar-refractivity contribution in [1.82, 2.24) is 15.1 Å².